The van der Waals surface area contributed by atoms with Gasteiger partial charge in [0.2, 0.25) is 0 Å². The summed E-state index contributed by atoms with van der Waals surface area (Å²) in [5.74, 6) is -0.264. The summed E-state index contributed by atoms with van der Waals surface area (Å²) in [4.78, 5) is 11.7. The van der Waals surface area contributed by atoms with Gasteiger partial charge >= 0.3 is 0 Å². The van der Waals surface area contributed by atoms with Crippen molar-refractivity contribution in [1.29, 1.82) is 0 Å². The van der Waals surface area contributed by atoms with Crippen molar-refractivity contribution in [1.82, 2.24) is 5.43 Å². The van der Waals surface area contributed by atoms with Crippen LogP contribution in [0.5, 0.6) is 0 Å². The molecule has 1 N–H and O–H groups in total. The van der Waals surface area contributed by atoms with Crippen molar-refractivity contribution in [2.45, 2.75) is 19.8 Å². The molecule has 0 heterocycles. The average molecular weight is 284 g/mol. The highest BCUT2D eigenvalue weighted by Crippen LogP contribution is 2.13. The van der Waals surface area contributed by atoms with Crippen LogP contribution in [-0.4, -0.2) is 12.1 Å². The van der Waals surface area contributed by atoms with Crippen LogP contribution < -0.4 is 5.43 Å². The summed E-state index contributed by atoms with van der Waals surface area (Å²) in [6.07, 6.45) is 1.57. The third kappa shape index (κ3) is 4.24. The molecule has 4 heteroatoms. The van der Waals surface area contributed by atoms with Gasteiger partial charge in [0.15, 0.2) is 0 Å². The van der Waals surface area contributed by atoms with Crippen molar-refractivity contribution in [2.24, 2.45) is 5.10 Å². The molecule has 0 aliphatic heterocycles. The highest BCUT2D eigenvalue weighted by molar-refractivity contribution is 5.94. The van der Waals surface area contributed by atoms with E-state index in [0.717, 1.165) is 5.56 Å². The molecule has 0 atom stereocenters. The molecule has 0 aliphatic carbocycles. The zero-order chi connectivity index (χ0) is 15.2. The van der Waals surface area contributed by atoms with Crippen LogP contribution >= 0.6 is 0 Å². The zero-order valence-corrected chi connectivity index (χ0v) is 12.0. The van der Waals surface area contributed by atoms with Gasteiger partial charge in [-0.1, -0.05) is 38.1 Å². The lowest BCUT2D eigenvalue weighted by atomic mass is 10.0. The van der Waals surface area contributed by atoms with Crippen molar-refractivity contribution >= 4 is 12.1 Å². The lowest BCUT2D eigenvalue weighted by Crippen LogP contribution is -2.17. The number of benzene rings is 2. The molecule has 2 aromatic carbocycles. The van der Waals surface area contributed by atoms with Crippen molar-refractivity contribution < 1.29 is 9.18 Å². The van der Waals surface area contributed by atoms with Gasteiger partial charge < -0.3 is 0 Å². The van der Waals surface area contributed by atoms with Crippen LogP contribution in [0.1, 0.15) is 41.3 Å². The van der Waals surface area contributed by atoms with Crippen molar-refractivity contribution in [3.63, 3.8) is 0 Å². The fraction of sp³-hybridized carbons (Fsp3) is 0.176. The second kappa shape index (κ2) is 6.79. The van der Waals surface area contributed by atoms with Gasteiger partial charge in [-0.05, 0) is 41.3 Å². The van der Waals surface area contributed by atoms with Gasteiger partial charge in [-0.2, -0.15) is 5.10 Å². The Morgan fingerprint density at radius 2 is 1.71 bits per heavy atom. The summed E-state index contributed by atoms with van der Waals surface area (Å²) >= 11 is 0. The predicted octanol–water partition coefficient (Wildman–Crippen LogP) is 3.71. The van der Waals surface area contributed by atoms with Gasteiger partial charge in [0.1, 0.15) is 5.82 Å². The molecule has 0 unspecified atom stereocenters. The van der Waals surface area contributed by atoms with Crippen LogP contribution in [0.25, 0.3) is 0 Å². The maximum Gasteiger partial charge on any atom is 0.271 e. The van der Waals surface area contributed by atoms with Gasteiger partial charge in [-0.15, -0.1) is 0 Å². The molecule has 0 saturated carbocycles. The molecule has 0 fully saturated rings. The van der Waals surface area contributed by atoms with Gasteiger partial charge in [0.25, 0.3) is 5.91 Å². The summed E-state index contributed by atoms with van der Waals surface area (Å²) in [7, 11) is 0. The highest BCUT2D eigenvalue weighted by atomic mass is 19.1. The number of hydrogen-bond acceptors (Lipinski definition) is 2. The number of halogens is 1. The molecule has 21 heavy (non-hydrogen) atoms. The molecule has 0 aliphatic rings. The van der Waals surface area contributed by atoms with Crippen molar-refractivity contribution in [2.75, 3.05) is 0 Å². The topological polar surface area (TPSA) is 41.5 Å². The van der Waals surface area contributed by atoms with Gasteiger partial charge in [-0.25, -0.2) is 9.82 Å². The molecular formula is C17H17FN2O. The van der Waals surface area contributed by atoms with Crippen LogP contribution in [0, 0.1) is 5.82 Å². The normalized spacial score (nSPS) is 11.0. The number of nitrogens with one attached hydrogen (secondary N) is 1. The Balaban J connectivity index is 1.95. The lowest BCUT2D eigenvalue weighted by Gasteiger charge is -2.04. The number of carbonyl (C=O) groups is 1. The molecule has 3 nitrogen and oxygen atoms in total. The van der Waals surface area contributed by atoms with E-state index in [0.29, 0.717) is 11.5 Å². The minimum Gasteiger partial charge on any atom is -0.267 e. The largest absolute Gasteiger partial charge is 0.271 e. The fourth-order valence-corrected chi connectivity index (χ4v) is 1.80. The quantitative estimate of drug-likeness (QED) is 0.675. The molecule has 0 spiro atoms. The zero-order valence-electron chi connectivity index (χ0n) is 12.0. The molecule has 1 amide bonds. The van der Waals surface area contributed by atoms with Gasteiger partial charge in [0, 0.05) is 5.56 Å². The summed E-state index contributed by atoms with van der Waals surface area (Å²) in [5.41, 5.74) is 4.93. The van der Waals surface area contributed by atoms with E-state index in [1.807, 2.05) is 24.3 Å². The first-order valence-electron chi connectivity index (χ1n) is 6.75. The van der Waals surface area contributed by atoms with E-state index in [4.69, 9.17) is 0 Å². The third-order valence-electron chi connectivity index (χ3n) is 3.09. The summed E-state index contributed by atoms with van der Waals surface area (Å²) in [5, 5.41) is 3.90. The summed E-state index contributed by atoms with van der Waals surface area (Å²) < 4.78 is 12.8. The molecule has 0 radical (unpaired) electrons. The monoisotopic (exact) mass is 284 g/mol. The van der Waals surface area contributed by atoms with Crippen molar-refractivity contribution in [3.05, 3.63) is 71.0 Å². The minimum absolute atomic E-state index is 0.365. The Kier molecular flexibility index (Phi) is 4.82. The number of carbonyl (C=O) groups excluding carboxylic acids is 1. The van der Waals surface area contributed by atoms with E-state index in [1.165, 1.54) is 29.8 Å². The number of hydrazone groups is 1. The van der Waals surface area contributed by atoms with Crippen LogP contribution in [0.2, 0.25) is 0 Å². The third-order valence-corrected chi connectivity index (χ3v) is 3.09. The van der Waals surface area contributed by atoms with E-state index < -0.39 is 0 Å². The maximum atomic E-state index is 12.8. The molecule has 2 aromatic rings. The van der Waals surface area contributed by atoms with Gasteiger partial charge in [-0.3, -0.25) is 4.79 Å². The molecular weight excluding hydrogens is 267 g/mol. The SMILES string of the molecule is CC(C)c1ccc(C=NNC(=O)c2ccc(F)cc2)cc1. The Labute approximate surface area is 123 Å². The molecule has 0 aromatic heterocycles. The number of amides is 1. The van der Waals surface area contributed by atoms with Crippen LogP contribution in [-0.2, 0) is 0 Å². The van der Waals surface area contributed by atoms with Gasteiger partial charge in [0.05, 0.1) is 6.21 Å². The first kappa shape index (κ1) is 14.9. The van der Waals surface area contributed by atoms with E-state index in [1.54, 1.807) is 6.21 Å². The van der Waals surface area contributed by atoms with Crippen LogP contribution in [0.3, 0.4) is 0 Å². The van der Waals surface area contributed by atoms with E-state index in [-0.39, 0.29) is 11.7 Å². The van der Waals surface area contributed by atoms with E-state index >= 15 is 0 Å². The Hall–Kier alpha value is -2.49. The number of rotatable bonds is 4. The standard InChI is InChI=1S/C17H17FN2O/c1-12(2)14-5-3-13(4-6-14)11-19-20-17(21)15-7-9-16(18)10-8-15/h3-12H,1-2H3,(H,20,21). The average Bonchev–Trinajstić information content (AvgIpc) is 2.48. The molecule has 2 rings (SSSR count). The first-order valence-corrected chi connectivity index (χ1v) is 6.75. The fourth-order valence-electron chi connectivity index (χ4n) is 1.80. The second-order valence-corrected chi connectivity index (χ2v) is 5.03. The number of nitrogens with zero attached hydrogens (tertiary/aromatic N) is 1. The summed E-state index contributed by atoms with van der Waals surface area (Å²) in [6, 6.07) is 13.3. The van der Waals surface area contributed by atoms with E-state index in [2.05, 4.69) is 24.4 Å². The molecule has 0 saturated heterocycles. The van der Waals surface area contributed by atoms with Crippen molar-refractivity contribution in [3.8, 4) is 0 Å². The Morgan fingerprint density at radius 1 is 1.10 bits per heavy atom. The Morgan fingerprint density at radius 3 is 2.29 bits per heavy atom. The Bertz CT molecular complexity index is 631. The molecule has 0 bridgehead atoms. The maximum absolute atomic E-state index is 12.8. The van der Waals surface area contributed by atoms with Crippen LogP contribution in [0.15, 0.2) is 53.6 Å². The smallest absolute Gasteiger partial charge is 0.267 e. The number of hydrogen-bond donors (Lipinski definition) is 1. The lowest BCUT2D eigenvalue weighted by molar-refractivity contribution is 0.0955. The minimum atomic E-state index is -0.375. The molecule has 108 valence electrons. The van der Waals surface area contributed by atoms with Crippen LogP contribution in [0.4, 0.5) is 4.39 Å². The summed E-state index contributed by atoms with van der Waals surface area (Å²) in [6.45, 7) is 4.26. The van der Waals surface area contributed by atoms with E-state index in [9.17, 15) is 9.18 Å². The predicted molar refractivity (Wildman–Crippen MR) is 82.0 cm³/mol. The first-order chi connectivity index (χ1) is 10.1. The second-order valence-electron chi connectivity index (χ2n) is 5.03. The highest BCUT2D eigenvalue weighted by Gasteiger charge is 2.03.